The molecule has 0 bridgehead atoms. The van der Waals surface area contributed by atoms with Crippen LogP contribution in [0.4, 0.5) is 0 Å². The maximum Gasteiger partial charge on any atom is 0.254 e. The largest absolute Gasteiger partial charge is 0.340 e. The highest BCUT2D eigenvalue weighted by molar-refractivity contribution is 5.79. The van der Waals surface area contributed by atoms with E-state index in [0.717, 1.165) is 31.6 Å². The minimum absolute atomic E-state index is 0.0119. The number of carbonyl (C=O) groups is 1. The number of H-pyrrole nitrogens is 1. The van der Waals surface area contributed by atoms with Crippen LogP contribution in [-0.4, -0.2) is 43.4 Å². The van der Waals surface area contributed by atoms with Crippen molar-refractivity contribution in [3.63, 3.8) is 0 Å². The molecule has 1 aliphatic heterocycles. The van der Waals surface area contributed by atoms with Crippen molar-refractivity contribution in [1.82, 2.24) is 24.4 Å². The number of aromatic amines is 1. The number of carbonyl (C=O) groups excluding carboxylic acids is 1. The van der Waals surface area contributed by atoms with Crippen LogP contribution in [0, 0.1) is 13.8 Å². The zero-order valence-corrected chi connectivity index (χ0v) is 15.1. The number of amides is 1. The molecule has 0 unspecified atom stereocenters. The smallest absolute Gasteiger partial charge is 0.254 e. The Hall–Kier alpha value is -2.44. The third kappa shape index (κ3) is 3.65. The average Bonchev–Trinajstić information content (AvgIpc) is 3.06. The number of nitrogens with one attached hydrogen (secondary N) is 1. The molecule has 2 aromatic rings. The Labute approximate surface area is 147 Å². The van der Waals surface area contributed by atoms with Crippen molar-refractivity contribution < 1.29 is 4.79 Å². The summed E-state index contributed by atoms with van der Waals surface area (Å²) in [4.78, 5) is 38.1. The molecule has 3 rings (SSSR count). The quantitative estimate of drug-likeness (QED) is 0.913. The lowest BCUT2D eigenvalue weighted by atomic mass is 10.0. The summed E-state index contributed by atoms with van der Waals surface area (Å²) < 4.78 is 2.19. The van der Waals surface area contributed by atoms with Gasteiger partial charge in [0, 0.05) is 43.2 Å². The number of aryl methyl sites for hydroxylation is 3. The van der Waals surface area contributed by atoms with Gasteiger partial charge in [-0.05, 0) is 26.7 Å². The van der Waals surface area contributed by atoms with Crippen LogP contribution in [0.1, 0.15) is 48.7 Å². The van der Waals surface area contributed by atoms with Gasteiger partial charge in [-0.3, -0.25) is 9.59 Å². The summed E-state index contributed by atoms with van der Waals surface area (Å²) >= 11 is 0. The molecule has 0 aromatic carbocycles. The lowest BCUT2D eigenvalue weighted by Crippen LogP contribution is -2.42. The normalized spacial score (nSPS) is 17.7. The van der Waals surface area contributed by atoms with E-state index in [0.29, 0.717) is 23.6 Å². The maximum absolute atomic E-state index is 12.7. The molecule has 1 atom stereocenters. The van der Waals surface area contributed by atoms with E-state index in [1.165, 1.54) is 0 Å². The van der Waals surface area contributed by atoms with Crippen LogP contribution < -0.4 is 5.56 Å². The summed E-state index contributed by atoms with van der Waals surface area (Å²) in [7, 11) is 0. The molecule has 134 valence electrons. The first-order valence-electron chi connectivity index (χ1n) is 8.85. The summed E-state index contributed by atoms with van der Waals surface area (Å²) in [5, 5.41) is 0. The number of nitrogens with zero attached hydrogens (tertiary/aromatic N) is 4. The van der Waals surface area contributed by atoms with Crippen LogP contribution in [0.3, 0.4) is 0 Å². The molecule has 25 heavy (non-hydrogen) atoms. The maximum atomic E-state index is 12.7. The molecular weight excluding hydrogens is 318 g/mol. The summed E-state index contributed by atoms with van der Waals surface area (Å²) in [6.07, 6.45) is 6.79. The van der Waals surface area contributed by atoms with Crippen molar-refractivity contribution in [3.05, 3.63) is 45.7 Å². The van der Waals surface area contributed by atoms with Crippen LogP contribution in [-0.2, 0) is 17.6 Å². The molecule has 1 N–H and O–H groups in total. The molecule has 3 heterocycles. The topological polar surface area (TPSA) is 83.9 Å². The average molecular weight is 343 g/mol. The van der Waals surface area contributed by atoms with E-state index in [4.69, 9.17) is 0 Å². The third-order valence-electron chi connectivity index (χ3n) is 4.88. The molecule has 7 heteroatoms. The van der Waals surface area contributed by atoms with Crippen LogP contribution in [0.5, 0.6) is 0 Å². The van der Waals surface area contributed by atoms with E-state index in [2.05, 4.69) is 26.4 Å². The van der Waals surface area contributed by atoms with Crippen molar-refractivity contribution in [2.24, 2.45) is 0 Å². The van der Waals surface area contributed by atoms with Crippen LogP contribution in [0.2, 0.25) is 0 Å². The van der Waals surface area contributed by atoms with Gasteiger partial charge >= 0.3 is 0 Å². The minimum Gasteiger partial charge on any atom is -0.340 e. The van der Waals surface area contributed by atoms with Gasteiger partial charge in [-0.15, -0.1) is 0 Å². The lowest BCUT2D eigenvalue weighted by molar-refractivity contribution is -0.132. The zero-order chi connectivity index (χ0) is 18.0. The van der Waals surface area contributed by atoms with E-state index < -0.39 is 0 Å². The second-order valence-corrected chi connectivity index (χ2v) is 6.63. The first-order chi connectivity index (χ1) is 12.0. The molecule has 0 aliphatic carbocycles. The van der Waals surface area contributed by atoms with Gasteiger partial charge in [-0.1, -0.05) is 6.92 Å². The van der Waals surface area contributed by atoms with Crippen molar-refractivity contribution >= 4 is 5.91 Å². The summed E-state index contributed by atoms with van der Waals surface area (Å²) in [5.74, 6) is 1.61. The number of rotatable bonds is 4. The Kier molecular flexibility index (Phi) is 5.01. The third-order valence-corrected chi connectivity index (χ3v) is 4.88. The predicted octanol–water partition coefficient (Wildman–Crippen LogP) is 1.55. The van der Waals surface area contributed by atoms with Gasteiger partial charge in [0.15, 0.2) is 0 Å². The molecule has 1 fully saturated rings. The Balaban J connectivity index is 1.74. The summed E-state index contributed by atoms with van der Waals surface area (Å²) in [6, 6.07) is 0.255. The Morgan fingerprint density at radius 3 is 2.92 bits per heavy atom. The van der Waals surface area contributed by atoms with Gasteiger partial charge < -0.3 is 14.5 Å². The van der Waals surface area contributed by atoms with E-state index in [9.17, 15) is 9.59 Å². The fraction of sp³-hybridized carbons (Fsp3) is 0.556. The number of hydrogen-bond acceptors (Lipinski definition) is 4. The van der Waals surface area contributed by atoms with Gasteiger partial charge in [-0.2, -0.15) is 0 Å². The predicted molar refractivity (Wildman–Crippen MR) is 94.5 cm³/mol. The molecular formula is C18H25N5O2. The van der Waals surface area contributed by atoms with Gasteiger partial charge in [0.1, 0.15) is 11.6 Å². The van der Waals surface area contributed by atoms with Gasteiger partial charge in [0.2, 0.25) is 5.91 Å². The van der Waals surface area contributed by atoms with Gasteiger partial charge in [0.05, 0.1) is 12.5 Å². The molecule has 1 amide bonds. The number of imidazole rings is 1. The van der Waals surface area contributed by atoms with Crippen molar-refractivity contribution in [2.75, 3.05) is 13.1 Å². The highest BCUT2D eigenvalue weighted by atomic mass is 16.2. The SMILES string of the molecule is CCc1nccn1[C@H]1CCCN(C(=O)Cc2c(C)nc(C)[nH]c2=O)C1. The second-order valence-electron chi connectivity index (χ2n) is 6.63. The van der Waals surface area contributed by atoms with Crippen molar-refractivity contribution in [3.8, 4) is 0 Å². The Morgan fingerprint density at radius 2 is 2.20 bits per heavy atom. The van der Waals surface area contributed by atoms with Gasteiger partial charge in [-0.25, -0.2) is 9.97 Å². The van der Waals surface area contributed by atoms with Crippen LogP contribution in [0.15, 0.2) is 17.2 Å². The van der Waals surface area contributed by atoms with Crippen molar-refractivity contribution in [2.45, 2.75) is 52.5 Å². The number of piperidine rings is 1. The standard InChI is InChI=1S/C18H25N5O2/c1-4-16-19-7-9-23(16)14-6-5-8-22(11-14)17(24)10-15-12(2)20-13(3)21-18(15)25/h7,9,14H,4-6,8,10-11H2,1-3H3,(H,20,21,25)/t14-/m0/s1. The highest BCUT2D eigenvalue weighted by Crippen LogP contribution is 2.23. The number of aromatic nitrogens is 4. The van der Waals surface area contributed by atoms with E-state index >= 15 is 0 Å². The summed E-state index contributed by atoms with van der Waals surface area (Å²) in [5.41, 5.74) is 0.885. The molecule has 1 saturated heterocycles. The number of likely N-dealkylation sites (tertiary alicyclic amines) is 1. The minimum atomic E-state index is -0.213. The first kappa shape index (κ1) is 17.4. The number of hydrogen-bond donors (Lipinski definition) is 1. The monoisotopic (exact) mass is 343 g/mol. The zero-order valence-electron chi connectivity index (χ0n) is 15.1. The molecule has 1 aliphatic rings. The molecule has 0 radical (unpaired) electrons. The Bertz CT molecular complexity index is 823. The highest BCUT2D eigenvalue weighted by Gasteiger charge is 2.26. The van der Waals surface area contributed by atoms with E-state index in [1.54, 1.807) is 13.8 Å². The van der Waals surface area contributed by atoms with E-state index in [-0.39, 0.29) is 23.9 Å². The van der Waals surface area contributed by atoms with Gasteiger partial charge in [0.25, 0.3) is 5.56 Å². The fourth-order valence-electron chi connectivity index (χ4n) is 3.58. The molecule has 2 aromatic heterocycles. The lowest BCUT2D eigenvalue weighted by Gasteiger charge is -2.34. The fourth-order valence-corrected chi connectivity index (χ4v) is 3.58. The van der Waals surface area contributed by atoms with Crippen LogP contribution >= 0.6 is 0 Å². The second kappa shape index (κ2) is 7.21. The van der Waals surface area contributed by atoms with Crippen molar-refractivity contribution in [1.29, 1.82) is 0 Å². The Morgan fingerprint density at radius 1 is 1.40 bits per heavy atom. The summed E-state index contributed by atoms with van der Waals surface area (Å²) in [6.45, 7) is 7.01. The van der Waals surface area contributed by atoms with E-state index in [1.807, 2.05) is 17.3 Å². The molecule has 0 saturated carbocycles. The van der Waals surface area contributed by atoms with Crippen LogP contribution in [0.25, 0.3) is 0 Å². The molecule has 7 nitrogen and oxygen atoms in total. The first-order valence-corrected chi connectivity index (χ1v) is 8.85. The molecule has 0 spiro atoms.